The Balaban J connectivity index is 1.95. The zero-order valence-corrected chi connectivity index (χ0v) is 11.0. The van der Waals surface area contributed by atoms with Crippen LogP contribution in [0.25, 0.3) is 0 Å². The molecule has 0 aliphatic heterocycles. The average Bonchev–Trinajstić information content (AvgIpc) is 2.40. The van der Waals surface area contributed by atoms with Crippen LogP contribution < -0.4 is 5.11 Å². The van der Waals surface area contributed by atoms with Gasteiger partial charge in [0, 0.05) is 0 Å². The van der Waals surface area contributed by atoms with Crippen LogP contribution in [0.5, 0.6) is 0 Å². The van der Waals surface area contributed by atoms with Crippen LogP contribution >= 0.6 is 0 Å². The molecule has 0 amide bonds. The molecule has 2 heteroatoms. The molecule has 1 fully saturated rings. The highest BCUT2D eigenvalue weighted by Crippen LogP contribution is 2.37. The lowest BCUT2D eigenvalue weighted by Crippen LogP contribution is -2.22. The molecule has 1 aliphatic rings. The summed E-state index contributed by atoms with van der Waals surface area (Å²) in [4.78, 5) is 10.7. The molecule has 0 unspecified atom stereocenters. The van der Waals surface area contributed by atoms with Gasteiger partial charge in [0.05, 0.1) is 5.97 Å². The third-order valence-electron chi connectivity index (χ3n) is 4.16. The first-order valence-corrected chi connectivity index (χ1v) is 7.02. The van der Waals surface area contributed by atoms with Crippen LogP contribution in [-0.2, 0) is 0 Å². The van der Waals surface area contributed by atoms with E-state index in [0.29, 0.717) is 5.92 Å². The van der Waals surface area contributed by atoms with E-state index in [4.69, 9.17) is 0 Å². The molecule has 2 rings (SSSR count). The molecule has 1 aromatic rings. The molecule has 2 nitrogen and oxygen atoms in total. The van der Waals surface area contributed by atoms with E-state index >= 15 is 0 Å². The molecule has 0 bridgehead atoms. The number of hydrogen-bond acceptors (Lipinski definition) is 2. The minimum atomic E-state index is -1.09. The summed E-state index contributed by atoms with van der Waals surface area (Å²) < 4.78 is 0. The van der Waals surface area contributed by atoms with Gasteiger partial charge in [0.2, 0.25) is 0 Å². The predicted molar refractivity (Wildman–Crippen MR) is 70.4 cm³/mol. The number of carboxylic acid groups (broad SMARTS) is 1. The quantitative estimate of drug-likeness (QED) is 0.817. The molecule has 0 spiro atoms. The summed E-state index contributed by atoms with van der Waals surface area (Å²) >= 11 is 0. The topological polar surface area (TPSA) is 40.1 Å². The van der Waals surface area contributed by atoms with E-state index in [2.05, 4.69) is 6.92 Å². The highest BCUT2D eigenvalue weighted by atomic mass is 16.4. The first-order valence-electron chi connectivity index (χ1n) is 7.02. The number of aromatic carboxylic acids is 1. The van der Waals surface area contributed by atoms with Crippen LogP contribution in [0.3, 0.4) is 0 Å². The third kappa shape index (κ3) is 3.12. The molecule has 98 valence electrons. The van der Waals surface area contributed by atoms with Crippen molar-refractivity contribution in [1.82, 2.24) is 0 Å². The normalized spacial score (nSPS) is 23.8. The fourth-order valence-corrected chi connectivity index (χ4v) is 3.08. The number of carboxylic acids is 1. The van der Waals surface area contributed by atoms with Crippen molar-refractivity contribution in [3.63, 3.8) is 0 Å². The van der Waals surface area contributed by atoms with Crippen LogP contribution in [0.15, 0.2) is 24.3 Å². The lowest BCUT2D eigenvalue weighted by molar-refractivity contribution is -0.255. The van der Waals surface area contributed by atoms with Crippen molar-refractivity contribution in [3.05, 3.63) is 35.4 Å². The van der Waals surface area contributed by atoms with Gasteiger partial charge < -0.3 is 9.90 Å². The van der Waals surface area contributed by atoms with Gasteiger partial charge in [-0.2, -0.15) is 0 Å². The van der Waals surface area contributed by atoms with Crippen molar-refractivity contribution in [3.8, 4) is 0 Å². The van der Waals surface area contributed by atoms with Gasteiger partial charge in [0.1, 0.15) is 0 Å². The smallest absolute Gasteiger partial charge is 0.0715 e. The van der Waals surface area contributed by atoms with Gasteiger partial charge in [0.15, 0.2) is 0 Å². The maximum Gasteiger partial charge on any atom is 0.0715 e. The van der Waals surface area contributed by atoms with E-state index < -0.39 is 5.97 Å². The van der Waals surface area contributed by atoms with Gasteiger partial charge >= 0.3 is 0 Å². The Hall–Kier alpha value is -1.31. The van der Waals surface area contributed by atoms with Crippen molar-refractivity contribution in [2.75, 3.05) is 0 Å². The van der Waals surface area contributed by atoms with Gasteiger partial charge in [-0.1, -0.05) is 44.0 Å². The van der Waals surface area contributed by atoms with Gasteiger partial charge in [-0.3, -0.25) is 0 Å². The fourth-order valence-electron chi connectivity index (χ4n) is 3.08. The molecule has 0 radical (unpaired) electrons. The van der Waals surface area contributed by atoms with E-state index in [-0.39, 0.29) is 5.56 Å². The SMILES string of the molecule is CCCC1CCC(c2ccc(C(=O)[O-])cc2)CC1. The van der Waals surface area contributed by atoms with Crippen molar-refractivity contribution < 1.29 is 9.90 Å². The minimum absolute atomic E-state index is 0.276. The van der Waals surface area contributed by atoms with E-state index in [0.717, 1.165) is 5.92 Å². The molecule has 1 aromatic carbocycles. The van der Waals surface area contributed by atoms with Crippen molar-refractivity contribution in [2.45, 2.75) is 51.4 Å². The van der Waals surface area contributed by atoms with Crippen LogP contribution in [0, 0.1) is 5.92 Å². The van der Waals surface area contributed by atoms with Crippen molar-refractivity contribution >= 4 is 5.97 Å². The number of benzene rings is 1. The molecule has 0 saturated heterocycles. The largest absolute Gasteiger partial charge is 0.545 e. The maximum absolute atomic E-state index is 10.7. The third-order valence-corrected chi connectivity index (χ3v) is 4.16. The number of carbonyl (C=O) groups is 1. The van der Waals surface area contributed by atoms with Crippen LogP contribution in [0.2, 0.25) is 0 Å². The summed E-state index contributed by atoms with van der Waals surface area (Å²) in [6.45, 7) is 2.25. The highest BCUT2D eigenvalue weighted by molar-refractivity contribution is 5.85. The molecule has 0 N–H and O–H groups in total. The number of carbonyl (C=O) groups excluding carboxylic acids is 1. The molecular formula is C16H21O2-. The van der Waals surface area contributed by atoms with Gasteiger partial charge in [0.25, 0.3) is 0 Å². The summed E-state index contributed by atoms with van der Waals surface area (Å²) in [7, 11) is 0. The Labute approximate surface area is 109 Å². The summed E-state index contributed by atoms with van der Waals surface area (Å²) in [5, 5.41) is 10.7. The number of rotatable bonds is 4. The standard InChI is InChI=1S/C16H22O2/c1-2-3-12-4-6-13(7-5-12)14-8-10-15(11-9-14)16(17)18/h8-13H,2-7H2,1H3,(H,17,18)/p-1. The summed E-state index contributed by atoms with van der Waals surface area (Å²) in [5.74, 6) is 0.441. The molecule has 1 aliphatic carbocycles. The first kappa shape index (κ1) is 13.1. The van der Waals surface area contributed by atoms with Gasteiger partial charge in [-0.25, -0.2) is 0 Å². The minimum Gasteiger partial charge on any atom is -0.545 e. The average molecular weight is 245 g/mol. The zero-order valence-electron chi connectivity index (χ0n) is 11.0. The summed E-state index contributed by atoms with van der Waals surface area (Å²) in [5.41, 5.74) is 1.56. The zero-order chi connectivity index (χ0) is 13.0. The predicted octanol–water partition coefficient (Wildman–Crippen LogP) is 3.12. The highest BCUT2D eigenvalue weighted by Gasteiger charge is 2.21. The first-order chi connectivity index (χ1) is 8.70. The molecule has 0 heterocycles. The molecular weight excluding hydrogens is 224 g/mol. The second-order valence-corrected chi connectivity index (χ2v) is 5.42. The Morgan fingerprint density at radius 3 is 2.28 bits per heavy atom. The molecule has 1 saturated carbocycles. The Bertz CT molecular complexity index is 386. The Morgan fingerprint density at radius 1 is 1.17 bits per heavy atom. The second-order valence-electron chi connectivity index (χ2n) is 5.42. The molecule has 0 aromatic heterocycles. The van der Waals surface area contributed by atoms with Gasteiger partial charge in [-0.05, 0) is 48.6 Å². The maximum atomic E-state index is 10.7. The van der Waals surface area contributed by atoms with E-state index in [1.165, 1.54) is 44.1 Å². The van der Waals surface area contributed by atoms with Crippen LogP contribution in [0.1, 0.15) is 67.3 Å². The van der Waals surface area contributed by atoms with Gasteiger partial charge in [-0.15, -0.1) is 0 Å². The molecule has 0 atom stereocenters. The van der Waals surface area contributed by atoms with Crippen molar-refractivity contribution in [1.29, 1.82) is 0 Å². The summed E-state index contributed by atoms with van der Waals surface area (Å²) in [6, 6.07) is 7.25. The van der Waals surface area contributed by atoms with Crippen LogP contribution in [0.4, 0.5) is 0 Å². The second kappa shape index (κ2) is 6.03. The molecule has 18 heavy (non-hydrogen) atoms. The Morgan fingerprint density at radius 2 is 1.78 bits per heavy atom. The Kier molecular flexibility index (Phi) is 4.40. The number of hydrogen-bond donors (Lipinski definition) is 0. The lowest BCUT2D eigenvalue weighted by atomic mass is 9.77. The lowest BCUT2D eigenvalue weighted by Gasteiger charge is -2.28. The van der Waals surface area contributed by atoms with E-state index in [1.807, 2.05) is 12.1 Å². The van der Waals surface area contributed by atoms with Crippen molar-refractivity contribution in [2.24, 2.45) is 5.92 Å². The van der Waals surface area contributed by atoms with E-state index in [9.17, 15) is 9.90 Å². The monoisotopic (exact) mass is 245 g/mol. The van der Waals surface area contributed by atoms with Crippen LogP contribution in [-0.4, -0.2) is 5.97 Å². The summed E-state index contributed by atoms with van der Waals surface area (Å²) in [6.07, 6.45) is 7.78. The fraction of sp³-hybridized carbons (Fsp3) is 0.562. The van der Waals surface area contributed by atoms with E-state index in [1.54, 1.807) is 12.1 Å².